The van der Waals surface area contributed by atoms with E-state index in [0.717, 1.165) is 30.5 Å². The summed E-state index contributed by atoms with van der Waals surface area (Å²) in [6.07, 6.45) is 4.15. The SMILES string of the molecule is Cc1ocnc1CN(C)C(CN)C1CC1. The average molecular weight is 209 g/mol. The Labute approximate surface area is 90.5 Å². The lowest BCUT2D eigenvalue weighted by molar-refractivity contribution is 0.212. The number of aromatic nitrogens is 1. The van der Waals surface area contributed by atoms with Crippen LogP contribution in [0.5, 0.6) is 0 Å². The maximum absolute atomic E-state index is 5.80. The van der Waals surface area contributed by atoms with E-state index in [1.54, 1.807) is 0 Å². The van der Waals surface area contributed by atoms with Gasteiger partial charge in [0, 0.05) is 19.1 Å². The largest absolute Gasteiger partial charge is 0.448 e. The first-order valence-corrected chi connectivity index (χ1v) is 5.51. The van der Waals surface area contributed by atoms with Crippen LogP contribution < -0.4 is 5.73 Å². The number of aryl methyl sites for hydroxylation is 1. The summed E-state index contributed by atoms with van der Waals surface area (Å²) in [6.45, 7) is 3.52. The van der Waals surface area contributed by atoms with Crippen molar-refractivity contribution < 1.29 is 4.42 Å². The molecule has 0 aromatic carbocycles. The summed E-state index contributed by atoms with van der Waals surface area (Å²) >= 11 is 0. The highest BCUT2D eigenvalue weighted by atomic mass is 16.3. The zero-order chi connectivity index (χ0) is 10.8. The number of hydrogen-bond acceptors (Lipinski definition) is 4. The predicted octanol–water partition coefficient (Wildman–Crippen LogP) is 1.15. The van der Waals surface area contributed by atoms with Gasteiger partial charge in [-0.15, -0.1) is 0 Å². The van der Waals surface area contributed by atoms with Crippen LogP contribution in [0.4, 0.5) is 0 Å². The monoisotopic (exact) mass is 209 g/mol. The Hall–Kier alpha value is -0.870. The van der Waals surface area contributed by atoms with Crippen LogP contribution in [0.25, 0.3) is 0 Å². The Morgan fingerprint density at radius 3 is 2.87 bits per heavy atom. The molecule has 0 amide bonds. The van der Waals surface area contributed by atoms with Crippen molar-refractivity contribution in [2.75, 3.05) is 13.6 Å². The van der Waals surface area contributed by atoms with Gasteiger partial charge in [-0.05, 0) is 32.7 Å². The fourth-order valence-electron chi connectivity index (χ4n) is 2.05. The molecular formula is C11H19N3O. The maximum Gasteiger partial charge on any atom is 0.181 e. The topological polar surface area (TPSA) is 55.3 Å². The number of likely N-dealkylation sites (N-methyl/N-ethyl adjacent to an activating group) is 1. The summed E-state index contributed by atoms with van der Waals surface area (Å²) in [5, 5.41) is 0. The summed E-state index contributed by atoms with van der Waals surface area (Å²) < 4.78 is 5.19. The fourth-order valence-corrected chi connectivity index (χ4v) is 2.05. The van der Waals surface area contributed by atoms with Crippen molar-refractivity contribution in [2.45, 2.75) is 32.4 Å². The van der Waals surface area contributed by atoms with Crippen LogP contribution in [-0.2, 0) is 6.54 Å². The molecule has 0 spiro atoms. The van der Waals surface area contributed by atoms with Crippen LogP contribution in [0.2, 0.25) is 0 Å². The molecule has 1 saturated carbocycles. The zero-order valence-corrected chi connectivity index (χ0v) is 9.44. The number of rotatable bonds is 5. The molecule has 4 nitrogen and oxygen atoms in total. The Kier molecular flexibility index (Phi) is 3.07. The second-order valence-electron chi connectivity index (χ2n) is 4.41. The van der Waals surface area contributed by atoms with E-state index < -0.39 is 0 Å². The smallest absolute Gasteiger partial charge is 0.181 e. The van der Waals surface area contributed by atoms with Gasteiger partial charge in [-0.25, -0.2) is 4.98 Å². The third-order valence-electron chi connectivity index (χ3n) is 3.22. The van der Waals surface area contributed by atoms with Crippen molar-refractivity contribution in [3.63, 3.8) is 0 Å². The van der Waals surface area contributed by atoms with Gasteiger partial charge in [0.05, 0.1) is 5.69 Å². The highest BCUT2D eigenvalue weighted by molar-refractivity contribution is 5.05. The van der Waals surface area contributed by atoms with Gasteiger partial charge in [-0.2, -0.15) is 0 Å². The molecule has 15 heavy (non-hydrogen) atoms. The van der Waals surface area contributed by atoms with Gasteiger partial charge < -0.3 is 10.2 Å². The van der Waals surface area contributed by atoms with Gasteiger partial charge in [0.1, 0.15) is 5.76 Å². The second kappa shape index (κ2) is 4.33. The molecule has 1 heterocycles. The van der Waals surface area contributed by atoms with E-state index in [4.69, 9.17) is 10.2 Å². The third-order valence-corrected chi connectivity index (χ3v) is 3.22. The van der Waals surface area contributed by atoms with Crippen LogP contribution in [0.15, 0.2) is 10.8 Å². The Morgan fingerprint density at radius 2 is 2.40 bits per heavy atom. The lowest BCUT2D eigenvalue weighted by Gasteiger charge is -2.26. The van der Waals surface area contributed by atoms with Gasteiger partial charge in [0.2, 0.25) is 0 Å². The van der Waals surface area contributed by atoms with E-state index in [1.165, 1.54) is 19.2 Å². The minimum absolute atomic E-state index is 0.501. The molecule has 0 aliphatic heterocycles. The highest BCUT2D eigenvalue weighted by Gasteiger charge is 2.33. The lowest BCUT2D eigenvalue weighted by Crippen LogP contribution is -2.39. The zero-order valence-electron chi connectivity index (χ0n) is 9.44. The Balaban J connectivity index is 1.95. The molecule has 0 bridgehead atoms. The van der Waals surface area contributed by atoms with Gasteiger partial charge in [0.25, 0.3) is 0 Å². The van der Waals surface area contributed by atoms with Crippen molar-refractivity contribution >= 4 is 0 Å². The molecule has 2 rings (SSSR count). The van der Waals surface area contributed by atoms with Crippen LogP contribution in [-0.4, -0.2) is 29.5 Å². The molecule has 1 atom stereocenters. The van der Waals surface area contributed by atoms with Gasteiger partial charge >= 0.3 is 0 Å². The fraction of sp³-hybridized carbons (Fsp3) is 0.727. The summed E-state index contributed by atoms with van der Waals surface area (Å²) in [7, 11) is 2.12. The molecule has 0 saturated heterocycles. The molecule has 4 heteroatoms. The molecular weight excluding hydrogens is 190 g/mol. The molecule has 1 fully saturated rings. The summed E-state index contributed by atoms with van der Waals surface area (Å²) in [5.41, 5.74) is 6.82. The highest BCUT2D eigenvalue weighted by Crippen LogP contribution is 2.34. The minimum Gasteiger partial charge on any atom is -0.448 e. The van der Waals surface area contributed by atoms with Gasteiger partial charge in [-0.3, -0.25) is 4.90 Å². The van der Waals surface area contributed by atoms with E-state index >= 15 is 0 Å². The van der Waals surface area contributed by atoms with E-state index in [9.17, 15) is 0 Å². The van der Waals surface area contributed by atoms with Crippen molar-refractivity contribution in [3.05, 3.63) is 17.8 Å². The number of nitrogens with two attached hydrogens (primary N) is 1. The lowest BCUT2D eigenvalue weighted by atomic mass is 10.1. The molecule has 1 unspecified atom stereocenters. The first-order valence-electron chi connectivity index (χ1n) is 5.51. The number of nitrogens with zero attached hydrogens (tertiary/aromatic N) is 2. The summed E-state index contributed by atoms with van der Waals surface area (Å²) in [5.74, 6) is 1.71. The molecule has 1 aromatic heterocycles. The van der Waals surface area contributed by atoms with E-state index in [2.05, 4.69) is 16.9 Å². The Bertz CT molecular complexity index is 319. The third kappa shape index (κ3) is 2.38. The molecule has 1 aromatic rings. The summed E-state index contributed by atoms with van der Waals surface area (Å²) in [4.78, 5) is 6.50. The normalized spacial score (nSPS) is 18.4. The van der Waals surface area contributed by atoms with Crippen molar-refractivity contribution in [1.29, 1.82) is 0 Å². The Morgan fingerprint density at radius 1 is 1.67 bits per heavy atom. The molecule has 2 N–H and O–H groups in total. The van der Waals surface area contributed by atoms with Gasteiger partial charge in [0.15, 0.2) is 6.39 Å². The van der Waals surface area contributed by atoms with E-state index in [-0.39, 0.29) is 0 Å². The van der Waals surface area contributed by atoms with Crippen molar-refractivity contribution in [1.82, 2.24) is 9.88 Å². The molecule has 84 valence electrons. The first-order chi connectivity index (χ1) is 7.22. The standard InChI is InChI=1S/C11H19N3O/c1-8-10(13-7-15-8)6-14(2)11(5-12)9-3-4-9/h7,9,11H,3-6,12H2,1-2H3. The maximum atomic E-state index is 5.80. The number of hydrogen-bond donors (Lipinski definition) is 1. The predicted molar refractivity (Wildman–Crippen MR) is 58.3 cm³/mol. The molecule has 1 aliphatic rings. The van der Waals surface area contributed by atoms with E-state index in [0.29, 0.717) is 6.04 Å². The van der Waals surface area contributed by atoms with Crippen LogP contribution in [0.3, 0.4) is 0 Å². The van der Waals surface area contributed by atoms with Crippen molar-refractivity contribution in [2.24, 2.45) is 11.7 Å². The quantitative estimate of drug-likeness (QED) is 0.790. The average Bonchev–Trinajstić information content (AvgIpc) is 2.95. The van der Waals surface area contributed by atoms with Crippen molar-refractivity contribution in [3.8, 4) is 0 Å². The molecule has 1 aliphatic carbocycles. The second-order valence-corrected chi connectivity index (χ2v) is 4.41. The minimum atomic E-state index is 0.501. The first kappa shape index (κ1) is 10.6. The van der Waals surface area contributed by atoms with E-state index in [1.807, 2.05) is 6.92 Å². The van der Waals surface area contributed by atoms with Crippen LogP contribution in [0.1, 0.15) is 24.3 Å². The number of oxazole rings is 1. The van der Waals surface area contributed by atoms with Crippen LogP contribution >= 0.6 is 0 Å². The molecule has 0 radical (unpaired) electrons. The summed E-state index contributed by atoms with van der Waals surface area (Å²) in [6, 6.07) is 0.501. The van der Waals surface area contributed by atoms with Gasteiger partial charge in [-0.1, -0.05) is 0 Å². The van der Waals surface area contributed by atoms with Crippen LogP contribution in [0, 0.1) is 12.8 Å².